The molecular weight excluding hydrogens is 490 g/mol. The van der Waals surface area contributed by atoms with Crippen LogP contribution in [0.1, 0.15) is 31.2 Å². The summed E-state index contributed by atoms with van der Waals surface area (Å²) in [5, 5.41) is 12.6. The monoisotopic (exact) mass is 523 g/mol. The van der Waals surface area contributed by atoms with Crippen molar-refractivity contribution in [3.05, 3.63) is 36.0 Å². The SMILES string of the molecule is CN1CCN(CCO)Cc2ccc(Nc3nccc(N(Cl)[C@@H]4CCCC[C@H]4NS(C)(=O)=O)n3)cc21. The molecule has 2 heterocycles. The Morgan fingerprint density at radius 3 is 2.80 bits per heavy atom. The second kappa shape index (κ2) is 11.3. The van der Waals surface area contributed by atoms with E-state index in [9.17, 15) is 13.5 Å². The highest BCUT2D eigenvalue weighted by Gasteiger charge is 2.32. The molecule has 10 nitrogen and oxygen atoms in total. The van der Waals surface area contributed by atoms with E-state index in [2.05, 4.69) is 49.0 Å². The van der Waals surface area contributed by atoms with Crippen LogP contribution in [0, 0.1) is 0 Å². The first kappa shape index (κ1) is 25.9. The van der Waals surface area contributed by atoms with Crippen molar-refractivity contribution in [2.75, 3.05) is 54.2 Å². The number of fused-ring (bicyclic) bond motifs is 1. The zero-order chi connectivity index (χ0) is 25.0. The molecule has 0 saturated heterocycles. The number of likely N-dealkylation sites (N-methyl/N-ethyl adjacent to an activating group) is 1. The second-order valence-electron chi connectivity index (χ2n) is 9.29. The molecule has 4 rings (SSSR count). The van der Waals surface area contributed by atoms with Crippen LogP contribution in [0.25, 0.3) is 0 Å². The van der Waals surface area contributed by atoms with Gasteiger partial charge in [0.25, 0.3) is 0 Å². The molecular formula is C23H34ClN7O3S. The summed E-state index contributed by atoms with van der Waals surface area (Å²) >= 11 is 6.71. The Balaban J connectivity index is 1.50. The van der Waals surface area contributed by atoms with Crippen LogP contribution < -0.4 is 19.4 Å². The summed E-state index contributed by atoms with van der Waals surface area (Å²) in [4.78, 5) is 13.4. The molecule has 12 heteroatoms. The van der Waals surface area contributed by atoms with Gasteiger partial charge in [-0.3, -0.25) is 9.32 Å². The van der Waals surface area contributed by atoms with E-state index in [1.807, 2.05) is 6.07 Å². The van der Waals surface area contributed by atoms with Crippen LogP contribution in [0.4, 0.5) is 23.1 Å². The predicted octanol–water partition coefficient (Wildman–Crippen LogP) is 2.28. The van der Waals surface area contributed by atoms with Crippen LogP contribution in [0.5, 0.6) is 0 Å². The van der Waals surface area contributed by atoms with Crippen LogP contribution in [-0.2, 0) is 16.6 Å². The lowest BCUT2D eigenvalue weighted by atomic mass is 9.91. The number of nitrogens with zero attached hydrogens (tertiary/aromatic N) is 5. The molecule has 1 fully saturated rings. The summed E-state index contributed by atoms with van der Waals surface area (Å²) in [7, 11) is -1.27. The molecule has 35 heavy (non-hydrogen) atoms. The molecule has 1 aliphatic heterocycles. The van der Waals surface area contributed by atoms with Gasteiger partial charge in [-0.25, -0.2) is 18.1 Å². The summed E-state index contributed by atoms with van der Waals surface area (Å²) in [5.41, 5.74) is 3.19. The first-order valence-corrected chi connectivity index (χ1v) is 14.2. The predicted molar refractivity (Wildman–Crippen MR) is 140 cm³/mol. The van der Waals surface area contributed by atoms with Gasteiger partial charge in [0, 0.05) is 74.7 Å². The Bertz CT molecular complexity index is 1120. The van der Waals surface area contributed by atoms with Crippen molar-refractivity contribution in [3.63, 3.8) is 0 Å². The summed E-state index contributed by atoms with van der Waals surface area (Å²) in [5.74, 6) is 0.928. The number of hydrogen-bond donors (Lipinski definition) is 3. The smallest absolute Gasteiger partial charge is 0.229 e. The molecule has 2 aliphatic rings. The average molecular weight is 524 g/mol. The zero-order valence-corrected chi connectivity index (χ0v) is 21.8. The third kappa shape index (κ3) is 6.73. The number of nitrogens with one attached hydrogen (secondary N) is 2. The van der Waals surface area contributed by atoms with Crippen molar-refractivity contribution < 1.29 is 13.5 Å². The number of hydrogen-bond acceptors (Lipinski definition) is 9. The average Bonchev–Trinajstić information content (AvgIpc) is 2.97. The van der Waals surface area contributed by atoms with Crippen molar-refractivity contribution >= 4 is 44.9 Å². The van der Waals surface area contributed by atoms with Crippen molar-refractivity contribution in [1.82, 2.24) is 19.6 Å². The molecule has 0 radical (unpaired) electrons. The fourth-order valence-corrected chi connectivity index (χ4v) is 5.97. The Morgan fingerprint density at radius 2 is 2.03 bits per heavy atom. The number of aromatic nitrogens is 2. The first-order valence-electron chi connectivity index (χ1n) is 11.9. The van der Waals surface area contributed by atoms with Crippen LogP contribution in [0.2, 0.25) is 0 Å². The molecule has 1 saturated carbocycles. The lowest BCUT2D eigenvalue weighted by Crippen LogP contribution is -2.50. The van der Waals surface area contributed by atoms with Gasteiger partial charge in [0.2, 0.25) is 16.0 Å². The van der Waals surface area contributed by atoms with Crippen LogP contribution >= 0.6 is 11.8 Å². The van der Waals surface area contributed by atoms with Crippen LogP contribution in [0.3, 0.4) is 0 Å². The van der Waals surface area contributed by atoms with Gasteiger partial charge in [0.1, 0.15) is 5.82 Å². The first-order chi connectivity index (χ1) is 16.7. The summed E-state index contributed by atoms with van der Waals surface area (Å²) in [6.07, 6.45) is 6.25. The molecule has 0 bridgehead atoms. The maximum Gasteiger partial charge on any atom is 0.229 e. The molecule has 2 atom stereocenters. The quantitative estimate of drug-likeness (QED) is 0.448. The largest absolute Gasteiger partial charge is 0.395 e. The molecule has 0 unspecified atom stereocenters. The van der Waals surface area contributed by atoms with Gasteiger partial charge in [0.05, 0.1) is 18.9 Å². The van der Waals surface area contributed by atoms with Gasteiger partial charge < -0.3 is 15.3 Å². The van der Waals surface area contributed by atoms with Crippen LogP contribution in [-0.4, -0.2) is 80.0 Å². The van der Waals surface area contributed by atoms with E-state index < -0.39 is 10.0 Å². The Morgan fingerprint density at radius 1 is 1.23 bits per heavy atom. The second-order valence-corrected chi connectivity index (χ2v) is 11.4. The number of aliphatic hydroxyl groups excluding tert-OH is 1. The highest BCUT2D eigenvalue weighted by Crippen LogP contribution is 2.31. The van der Waals surface area contributed by atoms with Crippen molar-refractivity contribution in [1.29, 1.82) is 0 Å². The van der Waals surface area contributed by atoms with E-state index in [1.54, 1.807) is 12.3 Å². The van der Waals surface area contributed by atoms with E-state index >= 15 is 0 Å². The highest BCUT2D eigenvalue weighted by atomic mass is 35.5. The highest BCUT2D eigenvalue weighted by molar-refractivity contribution is 7.88. The molecule has 192 valence electrons. The summed E-state index contributed by atoms with van der Waals surface area (Å²) in [6.45, 7) is 3.35. The molecule has 1 aliphatic carbocycles. The minimum absolute atomic E-state index is 0.149. The Labute approximate surface area is 212 Å². The number of halogens is 1. The number of rotatable bonds is 8. The van der Waals surface area contributed by atoms with Gasteiger partial charge in [-0.15, -0.1) is 0 Å². The number of β-amino-alcohol motifs (C(OH)–C–C–N with tert-alkyl or cyclic N) is 1. The Hall–Kier alpha value is -2.18. The van der Waals surface area contributed by atoms with E-state index in [4.69, 9.17) is 11.8 Å². The maximum absolute atomic E-state index is 11.8. The number of benzene rings is 1. The zero-order valence-electron chi connectivity index (χ0n) is 20.2. The van der Waals surface area contributed by atoms with Crippen LogP contribution in [0.15, 0.2) is 30.5 Å². The van der Waals surface area contributed by atoms with E-state index in [0.29, 0.717) is 18.3 Å². The van der Waals surface area contributed by atoms with Crippen molar-refractivity contribution in [2.24, 2.45) is 0 Å². The molecule has 1 aromatic carbocycles. The normalized spacial score (nSPS) is 21.3. The van der Waals surface area contributed by atoms with E-state index in [0.717, 1.165) is 56.7 Å². The Kier molecular flexibility index (Phi) is 8.33. The van der Waals surface area contributed by atoms with Gasteiger partial charge in [-0.2, -0.15) is 4.98 Å². The fourth-order valence-electron chi connectivity index (χ4n) is 4.82. The third-order valence-corrected chi connectivity index (χ3v) is 7.72. The van der Waals surface area contributed by atoms with Crippen molar-refractivity contribution in [2.45, 2.75) is 44.3 Å². The minimum Gasteiger partial charge on any atom is -0.395 e. The number of anilines is 4. The molecule has 2 aromatic rings. The summed E-state index contributed by atoms with van der Waals surface area (Å²) < 4.78 is 27.9. The maximum atomic E-state index is 11.8. The van der Waals surface area contributed by atoms with E-state index in [1.165, 1.54) is 16.2 Å². The topological polar surface area (TPSA) is 114 Å². The lowest BCUT2D eigenvalue weighted by molar-refractivity contribution is 0.196. The minimum atomic E-state index is -3.34. The third-order valence-electron chi connectivity index (χ3n) is 6.56. The molecule has 0 spiro atoms. The number of aliphatic hydroxyl groups is 1. The van der Waals surface area contributed by atoms with Gasteiger partial charge in [-0.05, 0) is 30.5 Å². The van der Waals surface area contributed by atoms with Gasteiger partial charge >= 0.3 is 0 Å². The molecule has 3 N–H and O–H groups in total. The standard InChI is InChI=1S/C23H34ClN7O3S/c1-29-11-12-30(13-14-32)16-17-7-8-18(15-21(17)29)26-23-25-10-9-22(27-23)31(24)20-6-4-3-5-19(20)28-35(2,33)34/h7-10,15,19-20,28,32H,3-6,11-14,16H2,1-2H3,(H,25,26,27)/t19-,20-/m1/s1. The van der Waals surface area contributed by atoms with Gasteiger partial charge in [-0.1, -0.05) is 18.9 Å². The van der Waals surface area contributed by atoms with E-state index in [-0.39, 0.29) is 18.7 Å². The van der Waals surface area contributed by atoms with Gasteiger partial charge in [0.15, 0.2) is 0 Å². The fraction of sp³-hybridized carbons (Fsp3) is 0.565. The lowest BCUT2D eigenvalue weighted by Gasteiger charge is -2.36. The molecule has 0 amide bonds. The molecule has 1 aromatic heterocycles. The van der Waals surface area contributed by atoms with Crippen molar-refractivity contribution in [3.8, 4) is 0 Å². The summed E-state index contributed by atoms with van der Waals surface area (Å²) in [6, 6.07) is 7.42. The number of sulfonamides is 1.